The number of rotatable bonds is 3. The van der Waals surface area contributed by atoms with Gasteiger partial charge in [-0.15, -0.1) is 0 Å². The monoisotopic (exact) mass is 162 g/mol. The lowest BCUT2D eigenvalue weighted by atomic mass is 10.1. The van der Waals surface area contributed by atoms with E-state index < -0.39 is 0 Å². The second-order valence-electron chi connectivity index (χ2n) is 2.68. The molecule has 0 saturated heterocycles. The predicted molar refractivity (Wildman–Crippen MR) is 51.9 cm³/mol. The molecule has 0 aliphatic rings. The molecule has 0 N–H and O–H groups in total. The van der Waals surface area contributed by atoms with E-state index in [-0.39, 0.29) is 0 Å². The van der Waals surface area contributed by atoms with Crippen LogP contribution in [-0.4, -0.2) is 7.11 Å². The highest BCUT2D eigenvalue weighted by molar-refractivity contribution is 5.57. The van der Waals surface area contributed by atoms with Crippen LogP contribution in [0.5, 0.6) is 0 Å². The maximum atomic E-state index is 5.04. The lowest BCUT2D eigenvalue weighted by molar-refractivity contribution is 0.371. The lowest BCUT2D eigenvalue weighted by Crippen LogP contribution is -1.87. The molecule has 0 radical (unpaired) electrons. The summed E-state index contributed by atoms with van der Waals surface area (Å²) in [4.78, 5) is 0. The van der Waals surface area contributed by atoms with Crippen molar-refractivity contribution in [3.8, 4) is 0 Å². The van der Waals surface area contributed by atoms with Gasteiger partial charge >= 0.3 is 0 Å². The first kappa shape index (κ1) is 8.85. The van der Waals surface area contributed by atoms with E-state index in [9.17, 15) is 0 Å². The molecule has 12 heavy (non-hydrogen) atoms. The highest BCUT2D eigenvalue weighted by Gasteiger charge is 1.97. The SMILES string of the molecule is C=C(OC)c1cccc(CC)c1. The van der Waals surface area contributed by atoms with Gasteiger partial charge in [0.05, 0.1) is 7.11 Å². The van der Waals surface area contributed by atoms with E-state index in [1.165, 1.54) is 5.56 Å². The second kappa shape index (κ2) is 3.96. The Morgan fingerprint density at radius 2 is 2.25 bits per heavy atom. The smallest absolute Gasteiger partial charge is 0.118 e. The molecule has 1 aromatic carbocycles. The van der Waals surface area contributed by atoms with Crippen LogP contribution >= 0.6 is 0 Å². The zero-order chi connectivity index (χ0) is 8.97. The van der Waals surface area contributed by atoms with Crippen molar-refractivity contribution < 1.29 is 4.74 Å². The molecule has 0 aliphatic carbocycles. The van der Waals surface area contributed by atoms with Gasteiger partial charge in [-0.05, 0) is 18.1 Å². The number of aryl methyl sites for hydroxylation is 1. The topological polar surface area (TPSA) is 9.23 Å². The Morgan fingerprint density at radius 3 is 2.83 bits per heavy atom. The Balaban J connectivity index is 2.93. The largest absolute Gasteiger partial charge is 0.497 e. The molecular formula is C11H14O. The van der Waals surface area contributed by atoms with Crippen LogP contribution in [0.3, 0.4) is 0 Å². The van der Waals surface area contributed by atoms with Gasteiger partial charge < -0.3 is 4.74 Å². The van der Waals surface area contributed by atoms with Crippen LogP contribution in [0.15, 0.2) is 30.8 Å². The summed E-state index contributed by atoms with van der Waals surface area (Å²) in [6.07, 6.45) is 1.05. The third kappa shape index (κ3) is 1.88. The zero-order valence-corrected chi connectivity index (χ0v) is 7.63. The molecule has 0 spiro atoms. The Labute approximate surface area is 73.7 Å². The lowest BCUT2D eigenvalue weighted by Gasteiger charge is -2.05. The highest BCUT2D eigenvalue weighted by atomic mass is 16.5. The standard InChI is InChI=1S/C11H14O/c1-4-10-6-5-7-11(8-10)9(2)12-3/h5-8H,2,4H2,1,3H3. The van der Waals surface area contributed by atoms with Gasteiger partial charge in [0.15, 0.2) is 0 Å². The molecule has 0 fully saturated rings. The molecule has 1 aromatic rings. The van der Waals surface area contributed by atoms with E-state index in [0.717, 1.165) is 17.7 Å². The summed E-state index contributed by atoms with van der Waals surface area (Å²) in [6.45, 7) is 5.93. The Hall–Kier alpha value is -1.24. The molecule has 0 aromatic heterocycles. The first-order chi connectivity index (χ1) is 5.77. The average Bonchev–Trinajstić information content (AvgIpc) is 2.17. The molecule has 0 bridgehead atoms. The third-order valence-electron chi connectivity index (χ3n) is 1.90. The molecular weight excluding hydrogens is 148 g/mol. The number of benzene rings is 1. The van der Waals surface area contributed by atoms with E-state index in [4.69, 9.17) is 4.74 Å². The highest BCUT2D eigenvalue weighted by Crippen LogP contribution is 2.14. The Bertz CT molecular complexity index is 276. The summed E-state index contributed by atoms with van der Waals surface area (Å²) in [5.41, 5.74) is 2.38. The van der Waals surface area contributed by atoms with Gasteiger partial charge in [-0.1, -0.05) is 31.7 Å². The van der Waals surface area contributed by atoms with Gasteiger partial charge in [0, 0.05) is 5.56 Å². The molecule has 0 atom stereocenters. The van der Waals surface area contributed by atoms with Gasteiger partial charge in [-0.2, -0.15) is 0 Å². The van der Waals surface area contributed by atoms with Crippen molar-refractivity contribution in [2.24, 2.45) is 0 Å². The molecule has 0 saturated carbocycles. The normalized spacial score (nSPS) is 9.50. The van der Waals surface area contributed by atoms with Gasteiger partial charge in [0.2, 0.25) is 0 Å². The molecule has 1 nitrogen and oxygen atoms in total. The van der Waals surface area contributed by atoms with Crippen LogP contribution in [0.4, 0.5) is 0 Å². The third-order valence-corrected chi connectivity index (χ3v) is 1.90. The van der Waals surface area contributed by atoms with Gasteiger partial charge in [0.25, 0.3) is 0 Å². The predicted octanol–water partition coefficient (Wildman–Crippen LogP) is 2.87. The zero-order valence-electron chi connectivity index (χ0n) is 7.63. The van der Waals surface area contributed by atoms with Crippen molar-refractivity contribution in [3.05, 3.63) is 42.0 Å². The fourth-order valence-electron chi connectivity index (χ4n) is 1.08. The number of hydrogen-bond acceptors (Lipinski definition) is 1. The minimum Gasteiger partial charge on any atom is -0.497 e. The molecule has 0 amide bonds. The van der Waals surface area contributed by atoms with Crippen molar-refractivity contribution in [1.82, 2.24) is 0 Å². The summed E-state index contributed by atoms with van der Waals surface area (Å²) in [5.74, 6) is 0.727. The van der Waals surface area contributed by atoms with Crippen LogP contribution < -0.4 is 0 Å². The second-order valence-corrected chi connectivity index (χ2v) is 2.68. The minimum atomic E-state index is 0.727. The fraction of sp³-hybridized carbons (Fsp3) is 0.273. The first-order valence-electron chi connectivity index (χ1n) is 4.10. The van der Waals surface area contributed by atoms with Crippen molar-refractivity contribution in [1.29, 1.82) is 0 Å². The molecule has 0 aliphatic heterocycles. The molecule has 0 unspecified atom stereocenters. The Morgan fingerprint density at radius 1 is 1.50 bits per heavy atom. The Kier molecular flexibility index (Phi) is 2.92. The summed E-state index contributed by atoms with van der Waals surface area (Å²) < 4.78 is 5.04. The van der Waals surface area contributed by atoms with Gasteiger partial charge in [-0.3, -0.25) is 0 Å². The van der Waals surface area contributed by atoms with Gasteiger partial charge in [0.1, 0.15) is 5.76 Å². The minimum absolute atomic E-state index is 0.727. The summed E-state index contributed by atoms with van der Waals surface area (Å²) in [7, 11) is 1.64. The molecule has 1 rings (SSSR count). The fourth-order valence-corrected chi connectivity index (χ4v) is 1.08. The van der Waals surface area contributed by atoms with E-state index in [1.54, 1.807) is 7.11 Å². The van der Waals surface area contributed by atoms with Crippen molar-refractivity contribution >= 4 is 5.76 Å². The van der Waals surface area contributed by atoms with E-state index in [1.807, 2.05) is 12.1 Å². The number of methoxy groups -OCH3 is 1. The molecule has 0 heterocycles. The molecule has 1 heteroatoms. The number of hydrogen-bond donors (Lipinski definition) is 0. The van der Waals surface area contributed by atoms with Crippen molar-refractivity contribution in [2.45, 2.75) is 13.3 Å². The van der Waals surface area contributed by atoms with Crippen LogP contribution in [0.2, 0.25) is 0 Å². The molecule has 64 valence electrons. The summed E-state index contributed by atoms with van der Waals surface area (Å²) >= 11 is 0. The van der Waals surface area contributed by atoms with Crippen molar-refractivity contribution in [3.63, 3.8) is 0 Å². The first-order valence-corrected chi connectivity index (χ1v) is 4.10. The van der Waals surface area contributed by atoms with Crippen LogP contribution in [-0.2, 0) is 11.2 Å². The van der Waals surface area contributed by atoms with Crippen LogP contribution in [0, 0.1) is 0 Å². The maximum Gasteiger partial charge on any atom is 0.118 e. The van der Waals surface area contributed by atoms with Crippen LogP contribution in [0.1, 0.15) is 18.1 Å². The van der Waals surface area contributed by atoms with Gasteiger partial charge in [-0.25, -0.2) is 0 Å². The van der Waals surface area contributed by atoms with E-state index in [0.29, 0.717) is 0 Å². The maximum absolute atomic E-state index is 5.04. The summed E-state index contributed by atoms with van der Waals surface area (Å²) in [5, 5.41) is 0. The van der Waals surface area contributed by atoms with E-state index >= 15 is 0 Å². The quantitative estimate of drug-likeness (QED) is 0.621. The average molecular weight is 162 g/mol. The van der Waals surface area contributed by atoms with Crippen molar-refractivity contribution in [2.75, 3.05) is 7.11 Å². The number of ether oxygens (including phenoxy) is 1. The summed E-state index contributed by atoms with van der Waals surface area (Å²) in [6, 6.07) is 8.24. The van der Waals surface area contributed by atoms with Crippen LogP contribution in [0.25, 0.3) is 5.76 Å². The van der Waals surface area contributed by atoms with E-state index in [2.05, 4.69) is 25.6 Å².